The molecule has 1 fully saturated rings. The molecule has 0 spiro atoms. The predicted octanol–water partition coefficient (Wildman–Crippen LogP) is 4.48. The molecule has 94 valence electrons. The van der Waals surface area contributed by atoms with Gasteiger partial charge in [0.05, 0.1) is 11.1 Å². The molecule has 1 nitrogen and oxygen atoms in total. The molecule has 0 amide bonds. The molecule has 0 aliphatic heterocycles. The molecule has 1 saturated carbocycles. The van der Waals surface area contributed by atoms with Crippen LogP contribution in [0.15, 0.2) is 18.2 Å². The van der Waals surface area contributed by atoms with Gasteiger partial charge in [0.2, 0.25) is 0 Å². The summed E-state index contributed by atoms with van der Waals surface area (Å²) < 4.78 is 13.3. The van der Waals surface area contributed by atoms with Crippen LogP contribution >= 0.6 is 11.6 Å². The SMILES string of the molecule is OC(c1ccc(Cl)c(F)c1)C1CCCCCC1. The largest absolute Gasteiger partial charge is 0.388 e. The van der Waals surface area contributed by atoms with Crippen LogP contribution in [0, 0.1) is 11.7 Å². The first-order chi connectivity index (χ1) is 8.18. The summed E-state index contributed by atoms with van der Waals surface area (Å²) in [6.45, 7) is 0. The van der Waals surface area contributed by atoms with Gasteiger partial charge < -0.3 is 5.11 Å². The van der Waals surface area contributed by atoms with Crippen LogP contribution in [0.25, 0.3) is 0 Å². The predicted molar refractivity (Wildman–Crippen MR) is 67.6 cm³/mol. The Labute approximate surface area is 107 Å². The van der Waals surface area contributed by atoms with Crippen molar-refractivity contribution in [1.29, 1.82) is 0 Å². The standard InChI is InChI=1S/C14H18ClFO/c15-12-8-7-11(9-13(12)16)14(17)10-5-3-1-2-4-6-10/h7-10,14,17H,1-6H2. The van der Waals surface area contributed by atoms with E-state index in [1.165, 1.54) is 25.0 Å². The van der Waals surface area contributed by atoms with E-state index in [4.69, 9.17) is 11.6 Å². The second-order valence-electron chi connectivity index (χ2n) is 4.87. The summed E-state index contributed by atoms with van der Waals surface area (Å²) in [4.78, 5) is 0. The average Bonchev–Trinajstić information content (AvgIpc) is 2.60. The Morgan fingerprint density at radius 3 is 2.41 bits per heavy atom. The zero-order valence-electron chi connectivity index (χ0n) is 9.83. The Morgan fingerprint density at radius 1 is 1.18 bits per heavy atom. The van der Waals surface area contributed by atoms with Crippen molar-refractivity contribution in [3.63, 3.8) is 0 Å². The van der Waals surface area contributed by atoms with E-state index in [1.807, 2.05) is 0 Å². The third kappa shape index (κ3) is 3.20. The summed E-state index contributed by atoms with van der Waals surface area (Å²) >= 11 is 5.64. The molecule has 3 heteroatoms. The first kappa shape index (κ1) is 12.8. The molecule has 1 aliphatic rings. The molecule has 2 rings (SSSR count). The molecule has 1 unspecified atom stereocenters. The quantitative estimate of drug-likeness (QED) is 0.774. The van der Waals surface area contributed by atoms with Crippen molar-refractivity contribution < 1.29 is 9.50 Å². The van der Waals surface area contributed by atoms with Gasteiger partial charge in [-0.05, 0) is 36.5 Å². The monoisotopic (exact) mass is 256 g/mol. The van der Waals surface area contributed by atoms with Crippen LogP contribution in [-0.2, 0) is 0 Å². The van der Waals surface area contributed by atoms with Crippen molar-refractivity contribution in [2.24, 2.45) is 5.92 Å². The maximum absolute atomic E-state index is 13.3. The van der Waals surface area contributed by atoms with E-state index in [0.717, 1.165) is 25.7 Å². The average molecular weight is 257 g/mol. The van der Waals surface area contributed by atoms with Crippen LogP contribution in [0.4, 0.5) is 4.39 Å². The summed E-state index contributed by atoms with van der Waals surface area (Å²) in [5.74, 6) is -0.185. The molecule has 0 saturated heterocycles. The third-order valence-corrected chi connectivity index (χ3v) is 3.94. The lowest BCUT2D eigenvalue weighted by Gasteiger charge is -2.21. The summed E-state index contributed by atoms with van der Waals surface area (Å²) in [6, 6.07) is 4.60. The molecule has 1 atom stereocenters. The van der Waals surface area contributed by atoms with Gasteiger partial charge in [0.1, 0.15) is 5.82 Å². The molecule has 0 aromatic heterocycles. The molecule has 1 N–H and O–H groups in total. The number of rotatable bonds is 2. The zero-order chi connectivity index (χ0) is 12.3. The van der Waals surface area contributed by atoms with Gasteiger partial charge in [0, 0.05) is 0 Å². The molecule has 1 aromatic rings. The van der Waals surface area contributed by atoms with E-state index in [0.29, 0.717) is 5.56 Å². The van der Waals surface area contributed by atoms with Crippen molar-refractivity contribution >= 4 is 11.6 Å². The van der Waals surface area contributed by atoms with Crippen molar-refractivity contribution in [3.05, 3.63) is 34.6 Å². The second-order valence-corrected chi connectivity index (χ2v) is 5.28. The fourth-order valence-electron chi connectivity index (χ4n) is 2.60. The molecular weight excluding hydrogens is 239 g/mol. The van der Waals surface area contributed by atoms with Crippen LogP contribution in [0.5, 0.6) is 0 Å². The summed E-state index contributed by atoms with van der Waals surface area (Å²) in [5, 5.41) is 10.4. The Balaban J connectivity index is 2.11. The number of aliphatic hydroxyl groups is 1. The molecule has 0 bridgehead atoms. The van der Waals surface area contributed by atoms with Gasteiger partial charge in [-0.15, -0.1) is 0 Å². The third-order valence-electron chi connectivity index (χ3n) is 3.63. The van der Waals surface area contributed by atoms with Gasteiger partial charge >= 0.3 is 0 Å². The Morgan fingerprint density at radius 2 is 1.82 bits per heavy atom. The summed E-state index contributed by atoms with van der Waals surface area (Å²) in [7, 11) is 0. The lowest BCUT2D eigenvalue weighted by molar-refractivity contribution is 0.0985. The number of aliphatic hydroxyl groups excluding tert-OH is 1. The van der Waals surface area contributed by atoms with Gasteiger partial charge in [-0.1, -0.05) is 43.4 Å². The molecular formula is C14H18ClFO. The highest BCUT2D eigenvalue weighted by atomic mass is 35.5. The van der Waals surface area contributed by atoms with Gasteiger partial charge in [-0.3, -0.25) is 0 Å². The minimum absolute atomic E-state index is 0.113. The molecule has 1 aromatic carbocycles. The van der Waals surface area contributed by atoms with Gasteiger partial charge in [-0.25, -0.2) is 4.39 Å². The van der Waals surface area contributed by atoms with Crippen LogP contribution in [0.1, 0.15) is 50.2 Å². The van der Waals surface area contributed by atoms with Crippen molar-refractivity contribution in [3.8, 4) is 0 Å². The minimum Gasteiger partial charge on any atom is -0.388 e. The molecule has 0 heterocycles. The first-order valence-electron chi connectivity index (χ1n) is 6.31. The van der Waals surface area contributed by atoms with E-state index in [1.54, 1.807) is 6.07 Å². The normalized spacial score (nSPS) is 19.9. The highest BCUT2D eigenvalue weighted by Crippen LogP contribution is 2.34. The Bertz CT molecular complexity index is 372. The highest BCUT2D eigenvalue weighted by Gasteiger charge is 2.22. The second kappa shape index (κ2) is 5.83. The van der Waals surface area contributed by atoms with Crippen LogP contribution in [0.2, 0.25) is 5.02 Å². The van der Waals surface area contributed by atoms with Crippen molar-refractivity contribution in [2.75, 3.05) is 0 Å². The van der Waals surface area contributed by atoms with Crippen molar-refractivity contribution in [1.82, 2.24) is 0 Å². The van der Waals surface area contributed by atoms with Gasteiger partial charge in [0.25, 0.3) is 0 Å². The summed E-state index contributed by atoms with van der Waals surface area (Å²) in [5.41, 5.74) is 0.652. The number of hydrogen-bond donors (Lipinski definition) is 1. The summed E-state index contributed by atoms with van der Waals surface area (Å²) in [6.07, 6.45) is 6.34. The van der Waals surface area contributed by atoms with Gasteiger partial charge in [-0.2, -0.15) is 0 Å². The number of halogens is 2. The van der Waals surface area contributed by atoms with E-state index < -0.39 is 11.9 Å². The van der Waals surface area contributed by atoms with E-state index in [2.05, 4.69) is 0 Å². The van der Waals surface area contributed by atoms with Crippen LogP contribution < -0.4 is 0 Å². The lowest BCUT2D eigenvalue weighted by atomic mass is 9.89. The Kier molecular flexibility index (Phi) is 4.41. The maximum atomic E-state index is 13.3. The van der Waals surface area contributed by atoms with Gasteiger partial charge in [0.15, 0.2) is 0 Å². The van der Waals surface area contributed by atoms with E-state index >= 15 is 0 Å². The van der Waals surface area contributed by atoms with E-state index in [9.17, 15) is 9.50 Å². The fraction of sp³-hybridized carbons (Fsp3) is 0.571. The smallest absolute Gasteiger partial charge is 0.142 e. The lowest BCUT2D eigenvalue weighted by Crippen LogP contribution is -2.12. The first-order valence-corrected chi connectivity index (χ1v) is 6.69. The topological polar surface area (TPSA) is 20.2 Å². The van der Waals surface area contributed by atoms with Crippen LogP contribution in [0.3, 0.4) is 0 Å². The number of benzene rings is 1. The minimum atomic E-state index is -0.556. The van der Waals surface area contributed by atoms with E-state index in [-0.39, 0.29) is 10.9 Å². The van der Waals surface area contributed by atoms with Crippen molar-refractivity contribution in [2.45, 2.75) is 44.6 Å². The zero-order valence-corrected chi connectivity index (χ0v) is 10.6. The maximum Gasteiger partial charge on any atom is 0.142 e. The molecule has 0 radical (unpaired) electrons. The highest BCUT2D eigenvalue weighted by molar-refractivity contribution is 6.30. The fourth-order valence-corrected chi connectivity index (χ4v) is 2.71. The molecule has 1 aliphatic carbocycles. The van der Waals surface area contributed by atoms with Crippen LogP contribution in [-0.4, -0.2) is 5.11 Å². The Hall–Kier alpha value is -0.600. The number of hydrogen-bond acceptors (Lipinski definition) is 1. The molecule has 17 heavy (non-hydrogen) atoms.